The second kappa shape index (κ2) is 8.62. The van der Waals surface area contributed by atoms with Crippen molar-refractivity contribution in [3.05, 3.63) is 71.9 Å². The maximum absolute atomic E-state index is 13.2. The van der Waals surface area contributed by atoms with E-state index in [-0.39, 0.29) is 5.91 Å². The minimum atomic E-state index is -0.0617. The van der Waals surface area contributed by atoms with Gasteiger partial charge in [0.1, 0.15) is 5.69 Å². The van der Waals surface area contributed by atoms with Crippen LogP contribution >= 0.6 is 0 Å². The van der Waals surface area contributed by atoms with Crippen molar-refractivity contribution in [2.75, 3.05) is 19.6 Å². The Morgan fingerprint density at radius 2 is 1.90 bits per heavy atom. The van der Waals surface area contributed by atoms with Gasteiger partial charge >= 0.3 is 0 Å². The van der Waals surface area contributed by atoms with E-state index in [4.69, 9.17) is 5.10 Å². The lowest BCUT2D eigenvalue weighted by molar-refractivity contribution is 0.0942. The highest BCUT2D eigenvalue weighted by Gasteiger charge is 2.25. The quantitative estimate of drug-likeness (QED) is 0.693. The number of hydrogen-bond donors (Lipinski definition) is 1. The average molecular weight is 389 g/mol. The first-order chi connectivity index (χ1) is 14.2. The van der Waals surface area contributed by atoms with E-state index in [1.807, 2.05) is 54.7 Å². The standard InChI is InChI=1S/C24H28N4O/c1-3-27-15-9-13-20(27)16-25-24(29)22-17-28(19-11-5-4-6-12-19)26-23(22)21-14-8-7-10-18(21)2/h4-8,10-12,14,17,20H,3,9,13,15-16H2,1-2H3,(H,25,29). The van der Waals surface area contributed by atoms with Crippen LogP contribution in [0.3, 0.4) is 0 Å². The number of likely N-dealkylation sites (tertiary alicyclic amines) is 1. The molecule has 5 heteroatoms. The van der Waals surface area contributed by atoms with Crippen LogP contribution in [0, 0.1) is 6.92 Å². The van der Waals surface area contributed by atoms with Gasteiger partial charge in [-0.1, -0.05) is 49.4 Å². The highest BCUT2D eigenvalue weighted by Crippen LogP contribution is 2.27. The van der Waals surface area contributed by atoms with E-state index in [1.54, 1.807) is 4.68 Å². The molecule has 1 aromatic heterocycles. The van der Waals surface area contributed by atoms with Gasteiger partial charge in [0.25, 0.3) is 5.91 Å². The largest absolute Gasteiger partial charge is 0.350 e. The molecule has 1 atom stereocenters. The number of nitrogens with zero attached hydrogens (tertiary/aromatic N) is 3. The molecule has 1 saturated heterocycles. The zero-order chi connectivity index (χ0) is 20.2. The van der Waals surface area contributed by atoms with Crippen LogP contribution < -0.4 is 5.32 Å². The van der Waals surface area contributed by atoms with Crippen LogP contribution in [0.4, 0.5) is 0 Å². The normalized spacial score (nSPS) is 16.8. The maximum atomic E-state index is 13.2. The van der Waals surface area contributed by atoms with Crippen LogP contribution in [0.5, 0.6) is 0 Å². The molecule has 1 amide bonds. The van der Waals surface area contributed by atoms with Crippen LogP contribution in [0.15, 0.2) is 60.8 Å². The van der Waals surface area contributed by atoms with Gasteiger partial charge in [0, 0.05) is 24.3 Å². The summed E-state index contributed by atoms with van der Waals surface area (Å²) in [4.78, 5) is 15.6. The fraction of sp³-hybridized carbons (Fsp3) is 0.333. The van der Waals surface area contributed by atoms with Crippen LogP contribution in [-0.2, 0) is 0 Å². The van der Waals surface area contributed by atoms with Gasteiger partial charge in [0.2, 0.25) is 0 Å². The number of benzene rings is 2. The molecule has 2 aromatic carbocycles. The van der Waals surface area contributed by atoms with Gasteiger partial charge < -0.3 is 5.32 Å². The lowest BCUT2D eigenvalue weighted by Crippen LogP contribution is -2.40. The van der Waals surface area contributed by atoms with Crippen molar-refractivity contribution in [1.82, 2.24) is 20.0 Å². The molecule has 150 valence electrons. The van der Waals surface area contributed by atoms with Crippen LogP contribution in [0.2, 0.25) is 0 Å². The molecular formula is C24H28N4O. The summed E-state index contributed by atoms with van der Waals surface area (Å²) in [6.45, 7) is 7.06. The first-order valence-electron chi connectivity index (χ1n) is 10.4. The van der Waals surface area contributed by atoms with E-state index in [2.05, 4.69) is 30.1 Å². The van der Waals surface area contributed by atoms with Crippen molar-refractivity contribution in [3.8, 4) is 16.9 Å². The predicted octanol–water partition coefficient (Wildman–Crippen LogP) is 4.06. The van der Waals surface area contributed by atoms with Crippen molar-refractivity contribution in [2.45, 2.75) is 32.7 Å². The Morgan fingerprint density at radius 1 is 1.14 bits per heavy atom. The zero-order valence-electron chi connectivity index (χ0n) is 17.1. The molecule has 0 aliphatic carbocycles. The Kier molecular flexibility index (Phi) is 5.76. The van der Waals surface area contributed by atoms with Gasteiger partial charge in [-0.2, -0.15) is 5.10 Å². The topological polar surface area (TPSA) is 50.2 Å². The van der Waals surface area contributed by atoms with Gasteiger partial charge in [-0.25, -0.2) is 4.68 Å². The molecule has 1 aliphatic rings. The molecule has 1 fully saturated rings. The second-order valence-corrected chi connectivity index (χ2v) is 7.62. The molecule has 4 rings (SSSR count). The molecule has 0 spiro atoms. The first-order valence-corrected chi connectivity index (χ1v) is 10.4. The van der Waals surface area contributed by atoms with E-state index in [9.17, 15) is 4.79 Å². The van der Waals surface area contributed by atoms with Crippen LogP contribution in [0.1, 0.15) is 35.7 Å². The number of carbonyl (C=O) groups excluding carboxylic acids is 1. The molecule has 1 aliphatic heterocycles. The van der Waals surface area contributed by atoms with E-state index >= 15 is 0 Å². The Hall–Kier alpha value is -2.92. The number of aryl methyl sites for hydroxylation is 1. The van der Waals surface area contributed by atoms with E-state index in [1.165, 1.54) is 6.42 Å². The summed E-state index contributed by atoms with van der Waals surface area (Å²) in [5.41, 5.74) is 4.37. The third-order valence-corrected chi connectivity index (χ3v) is 5.78. The summed E-state index contributed by atoms with van der Waals surface area (Å²) in [7, 11) is 0. The molecule has 0 saturated carbocycles. The molecule has 1 unspecified atom stereocenters. The number of likely N-dealkylation sites (N-methyl/N-ethyl adjacent to an activating group) is 1. The van der Waals surface area contributed by atoms with Gasteiger partial charge in [0.05, 0.1) is 11.3 Å². The highest BCUT2D eigenvalue weighted by atomic mass is 16.1. The van der Waals surface area contributed by atoms with Crippen molar-refractivity contribution in [1.29, 1.82) is 0 Å². The number of para-hydroxylation sites is 1. The maximum Gasteiger partial charge on any atom is 0.255 e. The predicted molar refractivity (Wildman–Crippen MR) is 116 cm³/mol. The summed E-state index contributed by atoms with van der Waals surface area (Å²) < 4.78 is 1.80. The Bertz CT molecular complexity index is 980. The molecular weight excluding hydrogens is 360 g/mol. The van der Waals surface area contributed by atoms with Gasteiger partial charge in [-0.05, 0) is 50.6 Å². The fourth-order valence-electron chi connectivity index (χ4n) is 4.14. The van der Waals surface area contributed by atoms with E-state index in [0.717, 1.165) is 42.0 Å². The van der Waals surface area contributed by atoms with Gasteiger partial charge in [-0.3, -0.25) is 9.69 Å². The van der Waals surface area contributed by atoms with Crippen LogP contribution in [0.25, 0.3) is 16.9 Å². The van der Waals surface area contributed by atoms with E-state index < -0.39 is 0 Å². The third kappa shape index (κ3) is 4.10. The molecule has 5 nitrogen and oxygen atoms in total. The smallest absolute Gasteiger partial charge is 0.255 e. The van der Waals surface area contributed by atoms with Gasteiger partial charge in [-0.15, -0.1) is 0 Å². The van der Waals surface area contributed by atoms with Crippen molar-refractivity contribution in [2.24, 2.45) is 0 Å². The molecule has 1 N–H and O–H groups in total. The molecule has 3 aromatic rings. The Balaban J connectivity index is 1.65. The summed E-state index contributed by atoms with van der Waals surface area (Å²) in [5.74, 6) is -0.0617. The van der Waals surface area contributed by atoms with Crippen LogP contribution in [-0.4, -0.2) is 46.3 Å². The number of nitrogens with one attached hydrogen (secondary N) is 1. The lowest BCUT2D eigenvalue weighted by Gasteiger charge is -2.22. The minimum absolute atomic E-state index is 0.0617. The average Bonchev–Trinajstić information content (AvgIpc) is 3.40. The second-order valence-electron chi connectivity index (χ2n) is 7.62. The lowest BCUT2D eigenvalue weighted by atomic mass is 10.0. The Morgan fingerprint density at radius 3 is 2.66 bits per heavy atom. The molecule has 2 heterocycles. The summed E-state index contributed by atoms with van der Waals surface area (Å²) in [5, 5.41) is 7.95. The third-order valence-electron chi connectivity index (χ3n) is 5.78. The number of rotatable bonds is 6. The summed E-state index contributed by atoms with van der Waals surface area (Å²) >= 11 is 0. The minimum Gasteiger partial charge on any atom is -0.350 e. The summed E-state index contributed by atoms with van der Waals surface area (Å²) in [6.07, 6.45) is 4.19. The molecule has 0 radical (unpaired) electrons. The van der Waals surface area contributed by atoms with E-state index in [0.29, 0.717) is 18.2 Å². The monoisotopic (exact) mass is 388 g/mol. The Labute approximate surface area is 172 Å². The fourth-order valence-corrected chi connectivity index (χ4v) is 4.14. The molecule has 29 heavy (non-hydrogen) atoms. The van der Waals surface area contributed by atoms with Gasteiger partial charge in [0.15, 0.2) is 0 Å². The van der Waals surface area contributed by atoms with Crippen molar-refractivity contribution in [3.63, 3.8) is 0 Å². The first kappa shape index (κ1) is 19.4. The molecule has 0 bridgehead atoms. The number of aromatic nitrogens is 2. The highest BCUT2D eigenvalue weighted by molar-refractivity contribution is 6.00. The number of carbonyl (C=O) groups is 1. The zero-order valence-corrected chi connectivity index (χ0v) is 17.1. The number of hydrogen-bond acceptors (Lipinski definition) is 3. The number of amides is 1. The van der Waals surface area contributed by atoms with Crippen molar-refractivity contribution < 1.29 is 4.79 Å². The summed E-state index contributed by atoms with van der Waals surface area (Å²) in [6, 6.07) is 18.4. The van der Waals surface area contributed by atoms with Crippen molar-refractivity contribution >= 4 is 5.91 Å². The SMILES string of the molecule is CCN1CCCC1CNC(=O)c1cn(-c2ccccc2)nc1-c1ccccc1C.